The highest BCUT2D eigenvalue weighted by molar-refractivity contribution is 6.34. The molecule has 4 bridgehead atoms. The lowest BCUT2D eigenvalue weighted by Crippen LogP contribution is -2.21. The summed E-state index contributed by atoms with van der Waals surface area (Å²) in [5, 5.41) is 0.719. The molecule has 4 nitrogen and oxygen atoms in total. The van der Waals surface area contributed by atoms with Crippen molar-refractivity contribution < 1.29 is 0 Å². The van der Waals surface area contributed by atoms with Crippen LogP contribution < -0.4 is 0 Å². The fraction of sp³-hybridized carbons (Fsp3) is 0.316. The van der Waals surface area contributed by atoms with Crippen molar-refractivity contribution in [1.29, 1.82) is 0 Å². The number of rotatable bonds is 3. The first-order valence-corrected chi connectivity index (χ1v) is 16.5. The van der Waals surface area contributed by atoms with Crippen molar-refractivity contribution in [3.05, 3.63) is 107 Å². The Hall–Kier alpha value is -3.89. The third-order valence-electron chi connectivity index (χ3n) is 11.4. The first kappa shape index (κ1) is 24.5. The summed E-state index contributed by atoms with van der Waals surface area (Å²) in [4.78, 5) is 9.86. The summed E-state index contributed by atoms with van der Waals surface area (Å²) < 4.78 is 4.44. The third kappa shape index (κ3) is 3.56. The van der Waals surface area contributed by atoms with Crippen molar-refractivity contribution in [2.75, 3.05) is 0 Å². The summed E-state index contributed by atoms with van der Waals surface area (Å²) in [6, 6.07) is 24.7. The molecule has 0 N–H and O–H groups in total. The third-order valence-corrected chi connectivity index (χ3v) is 11.8. The van der Waals surface area contributed by atoms with Crippen LogP contribution in [0.4, 0.5) is 0 Å². The number of hydrogen-bond donors (Lipinski definition) is 0. The van der Waals surface area contributed by atoms with Gasteiger partial charge in [0.15, 0.2) is 0 Å². The number of imidazole rings is 2. The van der Waals surface area contributed by atoms with Crippen molar-refractivity contribution in [2.45, 2.75) is 75.0 Å². The fourth-order valence-corrected chi connectivity index (χ4v) is 9.44. The van der Waals surface area contributed by atoms with Crippen molar-refractivity contribution in [2.24, 2.45) is 0 Å². The van der Waals surface area contributed by atoms with Gasteiger partial charge in [-0.25, -0.2) is 9.97 Å². The fourth-order valence-electron chi connectivity index (χ4n) is 9.15. The van der Waals surface area contributed by atoms with Crippen LogP contribution in [-0.2, 0) is 0 Å². The van der Waals surface area contributed by atoms with Gasteiger partial charge in [0.25, 0.3) is 0 Å². The average Bonchev–Trinajstić information content (AvgIpc) is 3.68. The molecule has 6 aromatic rings. The standard InChI is InChI=1S/C38H33ClN4/c39-38-36(42-20-40-32-16-28-23-6-10-25(11-7-23)30(28)18-34(32)42)14-27(22-4-2-1-3-5-22)15-37(38)43-21-41-33-17-29-24-8-12-26(13-9-24)31(29)19-35(33)43/h1-5,14-21,23-26H,6-13H2. The summed E-state index contributed by atoms with van der Waals surface area (Å²) in [7, 11) is 0. The van der Waals surface area contributed by atoms with Crippen LogP contribution in [0, 0.1) is 0 Å². The molecule has 0 unspecified atom stereocenters. The number of halogens is 1. The molecule has 6 aliphatic rings. The molecule has 12 rings (SSSR count). The summed E-state index contributed by atoms with van der Waals surface area (Å²) in [6.07, 6.45) is 14.5. The highest BCUT2D eigenvalue weighted by Crippen LogP contribution is 2.52. The Morgan fingerprint density at radius 3 is 1.37 bits per heavy atom. The number of hydrogen-bond acceptors (Lipinski definition) is 2. The second kappa shape index (κ2) is 9.06. The average molecular weight is 581 g/mol. The maximum atomic E-state index is 7.47. The van der Waals surface area contributed by atoms with Gasteiger partial charge in [0.1, 0.15) is 12.7 Å². The molecule has 0 saturated heterocycles. The van der Waals surface area contributed by atoms with E-state index in [0.717, 1.165) is 44.0 Å². The zero-order valence-corrected chi connectivity index (χ0v) is 24.9. The molecule has 2 fully saturated rings. The van der Waals surface area contributed by atoms with Gasteiger partial charge in [0.2, 0.25) is 0 Å². The molecule has 2 saturated carbocycles. The Bertz CT molecular complexity index is 1940. The molecule has 2 aromatic heterocycles. The minimum absolute atomic E-state index is 0.674. The lowest BCUT2D eigenvalue weighted by molar-refractivity contribution is 0.359. The molecule has 2 heterocycles. The van der Waals surface area contributed by atoms with Crippen LogP contribution >= 0.6 is 11.6 Å². The highest BCUT2D eigenvalue weighted by atomic mass is 35.5. The van der Waals surface area contributed by atoms with Crippen molar-refractivity contribution in [3.8, 4) is 22.5 Å². The van der Waals surface area contributed by atoms with Crippen LogP contribution in [0.15, 0.2) is 79.4 Å². The molecule has 0 aliphatic heterocycles. The molecule has 0 amide bonds. The van der Waals surface area contributed by atoms with Gasteiger partial charge in [-0.1, -0.05) is 41.9 Å². The molecule has 4 aromatic carbocycles. The molecular weight excluding hydrogens is 548 g/mol. The van der Waals surface area contributed by atoms with E-state index in [9.17, 15) is 0 Å². The van der Waals surface area contributed by atoms with Crippen LogP contribution in [0.2, 0.25) is 5.02 Å². The van der Waals surface area contributed by atoms with Gasteiger partial charge in [-0.15, -0.1) is 0 Å². The van der Waals surface area contributed by atoms with Crippen molar-refractivity contribution >= 4 is 33.7 Å². The normalized spacial score (nSPS) is 23.7. The lowest BCUT2D eigenvalue weighted by Gasteiger charge is -2.38. The van der Waals surface area contributed by atoms with Crippen molar-refractivity contribution in [3.63, 3.8) is 0 Å². The second-order valence-electron chi connectivity index (χ2n) is 13.5. The Morgan fingerprint density at radius 2 is 0.930 bits per heavy atom. The predicted octanol–water partition coefficient (Wildman–Crippen LogP) is 10.2. The lowest BCUT2D eigenvalue weighted by atomic mass is 9.67. The Labute approximate surface area is 256 Å². The molecule has 0 atom stereocenters. The SMILES string of the molecule is Clc1c(-n2cnc3cc4c(cc32)C2CCC4CC2)cc(-c2ccccc2)cc1-n1cnc2cc3c(cc21)C1CCC3CC1. The van der Waals surface area contributed by atoms with Crippen LogP contribution in [0.1, 0.15) is 97.3 Å². The molecular formula is C38H33ClN4. The molecule has 43 heavy (non-hydrogen) atoms. The van der Waals surface area contributed by atoms with E-state index in [1.165, 1.54) is 79.2 Å². The van der Waals surface area contributed by atoms with Crippen LogP contribution in [0.3, 0.4) is 0 Å². The van der Waals surface area contributed by atoms with E-state index in [-0.39, 0.29) is 0 Å². The molecule has 5 heteroatoms. The minimum atomic E-state index is 0.674. The monoisotopic (exact) mass is 580 g/mol. The molecule has 0 radical (unpaired) electrons. The first-order chi connectivity index (χ1) is 21.2. The molecule has 212 valence electrons. The van der Waals surface area contributed by atoms with E-state index >= 15 is 0 Å². The number of aromatic nitrogens is 4. The highest BCUT2D eigenvalue weighted by Gasteiger charge is 2.35. The largest absolute Gasteiger partial charge is 0.297 e. The minimum Gasteiger partial charge on any atom is -0.297 e. The second-order valence-corrected chi connectivity index (χ2v) is 13.8. The maximum absolute atomic E-state index is 7.47. The van der Waals surface area contributed by atoms with Gasteiger partial charge in [-0.05, 0) is 145 Å². The van der Waals surface area contributed by atoms with Crippen LogP contribution in [0.5, 0.6) is 0 Å². The summed E-state index contributed by atoms with van der Waals surface area (Å²) >= 11 is 7.47. The zero-order chi connectivity index (χ0) is 28.2. The van der Waals surface area contributed by atoms with E-state index in [0.29, 0.717) is 23.7 Å². The summed E-state index contributed by atoms with van der Waals surface area (Å²) in [5.41, 5.74) is 14.8. The van der Waals surface area contributed by atoms with E-state index in [2.05, 4.69) is 75.9 Å². The Morgan fingerprint density at radius 1 is 0.512 bits per heavy atom. The zero-order valence-electron chi connectivity index (χ0n) is 24.1. The molecule has 6 aliphatic carbocycles. The van der Waals surface area contributed by atoms with E-state index in [1.54, 1.807) is 0 Å². The van der Waals surface area contributed by atoms with Gasteiger partial charge in [0.05, 0.1) is 38.5 Å². The van der Waals surface area contributed by atoms with Gasteiger partial charge < -0.3 is 0 Å². The summed E-state index contributed by atoms with van der Waals surface area (Å²) in [5.74, 6) is 2.74. The number of benzene rings is 4. The quantitative estimate of drug-likeness (QED) is 0.209. The maximum Gasteiger partial charge on any atom is 0.100 e. The predicted molar refractivity (Wildman–Crippen MR) is 174 cm³/mol. The van der Waals surface area contributed by atoms with Gasteiger partial charge in [-0.2, -0.15) is 0 Å². The van der Waals surface area contributed by atoms with E-state index in [1.807, 2.05) is 12.7 Å². The van der Waals surface area contributed by atoms with Gasteiger partial charge >= 0.3 is 0 Å². The van der Waals surface area contributed by atoms with E-state index < -0.39 is 0 Å². The van der Waals surface area contributed by atoms with Crippen molar-refractivity contribution in [1.82, 2.24) is 19.1 Å². The Kier molecular flexibility index (Phi) is 5.17. The van der Waals surface area contributed by atoms with Gasteiger partial charge in [-0.3, -0.25) is 9.13 Å². The Balaban J connectivity index is 1.20. The summed E-state index contributed by atoms with van der Waals surface area (Å²) in [6.45, 7) is 0. The first-order valence-electron chi connectivity index (χ1n) is 16.1. The van der Waals surface area contributed by atoms with E-state index in [4.69, 9.17) is 21.6 Å². The van der Waals surface area contributed by atoms with Gasteiger partial charge in [0, 0.05) is 0 Å². The number of nitrogens with zero attached hydrogens (tertiary/aromatic N) is 4. The smallest absolute Gasteiger partial charge is 0.100 e. The number of fused-ring (bicyclic) bond motifs is 6. The van der Waals surface area contributed by atoms with Crippen LogP contribution in [0.25, 0.3) is 44.6 Å². The van der Waals surface area contributed by atoms with Crippen LogP contribution in [-0.4, -0.2) is 19.1 Å². The molecule has 0 spiro atoms. The topological polar surface area (TPSA) is 35.6 Å².